The maximum atomic E-state index is 11.7. The number of methoxy groups -OCH3 is 1. The summed E-state index contributed by atoms with van der Waals surface area (Å²) in [5, 5.41) is 3.29. The lowest BCUT2D eigenvalue weighted by molar-refractivity contribution is -0.140. The number of nitrogens with one attached hydrogen (secondary N) is 1. The van der Waals surface area contributed by atoms with Crippen LogP contribution < -0.4 is 5.32 Å². The molecule has 0 fully saturated rings. The minimum absolute atomic E-state index is 0.115. The minimum atomic E-state index is -0.302. The average Bonchev–Trinajstić information content (AvgIpc) is 2.50. The van der Waals surface area contributed by atoms with E-state index >= 15 is 0 Å². The minimum Gasteiger partial charge on any atom is -0.469 e. The highest BCUT2D eigenvalue weighted by Gasteiger charge is 2.08. The molecule has 1 rings (SSSR count). The lowest BCUT2D eigenvalue weighted by atomic mass is 10.2. The van der Waals surface area contributed by atoms with Gasteiger partial charge in [0, 0.05) is 18.7 Å². The zero-order valence-corrected chi connectivity index (χ0v) is 13.6. The topological polar surface area (TPSA) is 64.6 Å². The Labute approximate surface area is 132 Å². The second-order valence-electron chi connectivity index (χ2n) is 5.34. The fourth-order valence-electron chi connectivity index (χ4n) is 1.91. The molecule has 0 amide bonds. The molecular weight excluding hydrogens is 282 g/mol. The molecule has 0 spiro atoms. The molecule has 22 heavy (non-hydrogen) atoms. The third kappa shape index (κ3) is 7.11. The van der Waals surface area contributed by atoms with E-state index in [-0.39, 0.29) is 18.0 Å². The summed E-state index contributed by atoms with van der Waals surface area (Å²) in [6.07, 6.45) is 3.15. The lowest BCUT2D eigenvalue weighted by Crippen LogP contribution is -2.11. The van der Waals surface area contributed by atoms with Crippen LogP contribution in [0, 0.1) is 0 Å². The summed E-state index contributed by atoms with van der Waals surface area (Å²) in [4.78, 5) is 22.6. The first-order valence-electron chi connectivity index (χ1n) is 7.64. The van der Waals surface area contributed by atoms with Crippen LogP contribution in [-0.4, -0.2) is 31.7 Å². The summed E-state index contributed by atoms with van der Waals surface area (Å²) in [5.41, 5.74) is 1.52. The van der Waals surface area contributed by atoms with Crippen LogP contribution in [0.1, 0.15) is 49.9 Å². The van der Waals surface area contributed by atoms with Gasteiger partial charge in [-0.1, -0.05) is 6.42 Å². The first-order valence-corrected chi connectivity index (χ1v) is 7.64. The highest BCUT2D eigenvalue weighted by atomic mass is 16.5. The molecular formula is C17H25NO4. The van der Waals surface area contributed by atoms with E-state index in [2.05, 4.69) is 10.1 Å². The van der Waals surface area contributed by atoms with Gasteiger partial charge >= 0.3 is 11.9 Å². The van der Waals surface area contributed by atoms with Crippen molar-refractivity contribution in [3.63, 3.8) is 0 Å². The SMILES string of the molecule is COC(=O)CCCCCNc1ccc(C(=O)OC(C)C)cc1. The maximum Gasteiger partial charge on any atom is 0.338 e. The number of esters is 2. The molecule has 0 atom stereocenters. The van der Waals surface area contributed by atoms with Gasteiger partial charge in [0.25, 0.3) is 0 Å². The summed E-state index contributed by atoms with van der Waals surface area (Å²) in [6, 6.07) is 7.24. The molecule has 0 unspecified atom stereocenters. The zero-order chi connectivity index (χ0) is 16.4. The Morgan fingerprint density at radius 3 is 2.36 bits per heavy atom. The normalized spacial score (nSPS) is 10.4. The number of hydrogen-bond donors (Lipinski definition) is 1. The van der Waals surface area contributed by atoms with Crippen molar-refractivity contribution in [3.8, 4) is 0 Å². The van der Waals surface area contributed by atoms with Gasteiger partial charge < -0.3 is 14.8 Å². The predicted octanol–water partition coefficient (Wildman–Crippen LogP) is 3.40. The van der Waals surface area contributed by atoms with Crippen LogP contribution in [0.4, 0.5) is 5.69 Å². The Bertz CT molecular complexity index is 468. The molecule has 0 aromatic heterocycles. The standard InChI is InChI=1S/C17H25NO4/c1-13(2)22-17(20)14-8-10-15(11-9-14)18-12-6-4-5-7-16(19)21-3/h8-11,13,18H,4-7,12H2,1-3H3. The monoisotopic (exact) mass is 307 g/mol. The van der Waals surface area contributed by atoms with Gasteiger partial charge in [-0.15, -0.1) is 0 Å². The molecule has 0 saturated carbocycles. The lowest BCUT2D eigenvalue weighted by Gasteiger charge is -2.09. The van der Waals surface area contributed by atoms with Crippen molar-refractivity contribution in [1.29, 1.82) is 0 Å². The molecule has 0 radical (unpaired) electrons. The average molecular weight is 307 g/mol. The van der Waals surface area contributed by atoms with E-state index in [4.69, 9.17) is 4.74 Å². The number of carbonyl (C=O) groups excluding carboxylic acids is 2. The molecule has 1 N–H and O–H groups in total. The molecule has 122 valence electrons. The molecule has 1 aromatic rings. The number of rotatable bonds is 9. The predicted molar refractivity (Wildman–Crippen MR) is 86.0 cm³/mol. The number of hydrogen-bond acceptors (Lipinski definition) is 5. The smallest absolute Gasteiger partial charge is 0.338 e. The molecule has 1 aromatic carbocycles. The summed E-state index contributed by atoms with van der Waals surface area (Å²) >= 11 is 0. The second kappa shape index (κ2) is 9.82. The Hall–Kier alpha value is -2.04. The first kappa shape index (κ1) is 18.0. The number of unbranched alkanes of at least 4 members (excludes halogenated alkanes) is 2. The van der Waals surface area contributed by atoms with Gasteiger partial charge in [-0.25, -0.2) is 4.79 Å². The van der Waals surface area contributed by atoms with E-state index in [1.165, 1.54) is 7.11 Å². The Kier molecular flexibility index (Phi) is 8.04. The molecule has 0 bridgehead atoms. The summed E-state index contributed by atoms with van der Waals surface area (Å²) in [6.45, 7) is 4.49. The van der Waals surface area contributed by atoms with Crippen LogP contribution in [0.2, 0.25) is 0 Å². The van der Waals surface area contributed by atoms with Gasteiger partial charge in [0.05, 0.1) is 18.8 Å². The molecule has 0 aliphatic heterocycles. The van der Waals surface area contributed by atoms with Crippen LogP contribution >= 0.6 is 0 Å². The van der Waals surface area contributed by atoms with Gasteiger partial charge in [-0.2, -0.15) is 0 Å². The number of ether oxygens (including phenoxy) is 2. The van der Waals surface area contributed by atoms with Crippen molar-refractivity contribution < 1.29 is 19.1 Å². The Balaban J connectivity index is 2.24. The van der Waals surface area contributed by atoms with Gasteiger partial charge in [0.15, 0.2) is 0 Å². The Morgan fingerprint density at radius 1 is 1.09 bits per heavy atom. The van der Waals surface area contributed by atoms with Crippen molar-refractivity contribution >= 4 is 17.6 Å². The maximum absolute atomic E-state index is 11.7. The van der Waals surface area contributed by atoms with Crippen LogP contribution in [0.25, 0.3) is 0 Å². The zero-order valence-electron chi connectivity index (χ0n) is 13.6. The van der Waals surface area contributed by atoms with Gasteiger partial charge in [0.2, 0.25) is 0 Å². The molecule has 0 heterocycles. The van der Waals surface area contributed by atoms with Gasteiger partial charge in [0.1, 0.15) is 0 Å². The summed E-state index contributed by atoms with van der Waals surface area (Å²) in [5.74, 6) is -0.457. The van der Waals surface area contributed by atoms with Crippen LogP contribution in [0.3, 0.4) is 0 Å². The van der Waals surface area contributed by atoms with Crippen molar-refractivity contribution in [3.05, 3.63) is 29.8 Å². The third-order valence-electron chi connectivity index (χ3n) is 3.08. The highest BCUT2D eigenvalue weighted by Crippen LogP contribution is 2.12. The van der Waals surface area contributed by atoms with Crippen LogP contribution in [0.15, 0.2) is 24.3 Å². The van der Waals surface area contributed by atoms with Crippen molar-refractivity contribution in [2.45, 2.75) is 45.6 Å². The van der Waals surface area contributed by atoms with Crippen molar-refractivity contribution in [2.75, 3.05) is 19.0 Å². The van der Waals surface area contributed by atoms with E-state index in [1.807, 2.05) is 26.0 Å². The largest absolute Gasteiger partial charge is 0.469 e. The quantitative estimate of drug-likeness (QED) is 0.559. The van der Waals surface area contributed by atoms with Crippen molar-refractivity contribution in [1.82, 2.24) is 0 Å². The first-order chi connectivity index (χ1) is 10.5. The van der Waals surface area contributed by atoms with E-state index in [9.17, 15) is 9.59 Å². The van der Waals surface area contributed by atoms with E-state index < -0.39 is 0 Å². The number of benzene rings is 1. The fourth-order valence-corrected chi connectivity index (χ4v) is 1.91. The highest BCUT2D eigenvalue weighted by molar-refractivity contribution is 5.89. The number of carbonyl (C=O) groups is 2. The number of anilines is 1. The Morgan fingerprint density at radius 2 is 1.77 bits per heavy atom. The third-order valence-corrected chi connectivity index (χ3v) is 3.08. The van der Waals surface area contributed by atoms with Crippen LogP contribution in [0.5, 0.6) is 0 Å². The summed E-state index contributed by atoms with van der Waals surface area (Å²) < 4.78 is 9.72. The second-order valence-corrected chi connectivity index (χ2v) is 5.34. The molecule has 0 saturated heterocycles. The molecule has 5 nitrogen and oxygen atoms in total. The molecule has 0 aliphatic carbocycles. The summed E-state index contributed by atoms with van der Waals surface area (Å²) in [7, 11) is 1.41. The van der Waals surface area contributed by atoms with Crippen LogP contribution in [-0.2, 0) is 14.3 Å². The van der Waals surface area contributed by atoms with E-state index in [0.29, 0.717) is 12.0 Å². The van der Waals surface area contributed by atoms with Crippen molar-refractivity contribution in [2.24, 2.45) is 0 Å². The molecule has 5 heteroatoms. The van der Waals surface area contributed by atoms with Gasteiger partial charge in [-0.3, -0.25) is 4.79 Å². The molecule has 0 aliphatic rings. The van der Waals surface area contributed by atoms with Gasteiger partial charge in [-0.05, 0) is 51.0 Å². The van der Waals surface area contributed by atoms with E-state index in [1.54, 1.807) is 12.1 Å². The fraction of sp³-hybridized carbons (Fsp3) is 0.529. The van der Waals surface area contributed by atoms with E-state index in [0.717, 1.165) is 31.5 Å².